The van der Waals surface area contributed by atoms with Crippen LogP contribution in [0.3, 0.4) is 0 Å². The predicted octanol–water partition coefficient (Wildman–Crippen LogP) is 4.75. The summed E-state index contributed by atoms with van der Waals surface area (Å²) in [6.07, 6.45) is 5.35. The summed E-state index contributed by atoms with van der Waals surface area (Å²) in [5, 5.41) is 13.9. The van der Waals surface area contributed by atoms with Crippen LogP contribution in [0.5, 0.6) is 11.5 Å². The Labute approximate surface area is 209 Å². The summed E-state index contributed by atoms with van der Waals surface area (Å²) in [4.78, 5) is 8.73. The van der Waals surface area contributed by atoms with E-state index in [9.17, 15) is 5.26 Å². The molecule has 0 amide bonds. The van der Waals surface area contributed by atoms with Gasteiger partial charge in [-0.1, -0.05) is 18.2 Å². The highest BCUT2D eigenvalue weighted by Crippen LogP contribution is 2.37. The minimum absolute atomic E-state index is 0.220. The van der Waals surface area contributed by atoms with Gasteiger partial charge in [0.25, 0.3) is 0 Å². The van der Waals surface area contributed by atoms with Crippen molar-refractivity contribution in [1.29, 1.82) is 5.26 Å². The van der Waals surface area contributed by atoms with Gasteiger partial charge in [0.2, 0.25) is 0 Å². The van der Waals surface area contributed by atoms with Crippen molar-refractivity contribution >= 4 is 22.5 Å². The van der Waals surface area contributed by atoms with Gasteiger partial charge in [-0.25, -0.2) is 9.97 Å². The van der Waals surface area contributed by atoms with Crippen molar-refractivity contribution in [3.8, 4) is 28.7 Å². The molecule has 9 nitrogen and oxygen atoms in total. The molecule has 1 aliphatic heterocycles. The van der Waals surface area contributed by atoms with Crippen molar-refractivity contribution in [2.24, 2.45) is 0 Å². The fraction of sp³-hybridized carbons (Fsp3) is 0.296. The summed E-state index contributed by atoms with van der Waals surface area (Å²) in [6.45, 7) is 2.75. The number of rotatable bonds is 9. The Morgan fingerprint density at radius 1 is 1.22 bits per heavy atom. The smallest absolute Gasteiger partial charge is 0.147 e. The van der Waals surface area contributed by atoms with Crippen molar-refractivity contribution in [1.82, 2.24) is 14.5 Å². The molecule has 2 aromatic carbocycles. The lowest BCUT2D eigenvalue weighted by molar-refractivity contribution is 0.187. The molecule has 1 atom stereocenters. The van der Waals surface area contributed by atoms with E-state index in [2.05, 4.69) is 32.1 Å². The maximum Gasteiger partial charge on any atom is 0.147 e. The lowest BCUT2D eigenvalue weighted by Gasteiger charge is -2.13. The molecule has 1 saturated heterocycles. The van der Waals surface area contributed by atoms with Crippen molar-refractivity contribution in [3.63, 3.8) is 0 Å². The van der Waals surface area contributed by atoms with Gasteiger partial charge in [0.1, 0.15) is 40.9 Å². The fourth-order valence-corrected chi connectivity index (χ4v) is 4.49. The fourth-order valence-electron chi connectivity index (χ4n) is 4.49. The molecule has 9 heteroatoms. The van der Waals surface area contributed by atoms with Gasteiger partial charge >= 0.3 is 0 Å². The Morgan fingerprint density at radius 2 is 2.08 bits per heavy atom. The molecule has 0 aliphatic carbocycles. The van der Waals surface area contributed by atoms with Crippen LogP contribution in [0.1, 0.15) is 24.4 Å². The molecule has 36 heavy (non-hydrogen) atoms. The molecule has 0 bridgehead atoms. The van der Waals surface area contributed by atoms with Gasteiger partial charge in [-0.3, -0.25) is 0 Å². The highest BCUT2D eigenvalue weighted by atomic mass is 16.5. The van der Waals surface area contributed by atoms with Crippen LogP contribution in [0.25, 0.3) is 22.2 Å². The SMILES string of the molecule is COCCCNc1cccc(Oc2ccc(-c3cn(C4CCOC4)c4ncnc(N)c34)cc2)c1C#N. The summed E-state index contributed by atoms with van der Waals surface area (Å²) >= 11 is 0. The standard InChI is InChI=1S/C27H28N6O3/c1-34-12-3-11-30-23-4-2-5-24(21(23)14-28)36-20-8-6-18(7-9-20)22-15-33(19-10-13-35-16-19)27-25(22)26(29)31-17-32-27/h2,4-9,15,17,19,30H,3,10-13,16H2,1H3,(H2,29,31,32). The van der Waals surface area contributed by atoms with E-state index in [4.69, 9.17) is 19.9 Å². The third kappa shape index (κ3) is 4.69. The number of hydrogen-bond donors (Lipinski definition) is 2. The second-order valence-corrected chi connectivity index (χ2v) is 8.62. The number of methoxy groups -OCH3 is 1. The predicted molar refractivity (Wildman–Crippen MR) is 138 cm³/mol. The number of ether oxygens (including phenoxy) is 3. The van der Waals surface area contributed by atoms with E-state index in [0.29, 0.717) is 42.6 Å². The molecule has 0 radical (unpaired) electrons. The van der Waals surface area contributed by atoms with E-state index in [1.54, 1.807) is 13.2 Å². The van der Waals surface area contributed by atoms with Gasteiger partial charge in [-0.05, 0) is 42.7 Å². The topological polar surface area (TPSA) is 120 Å². The highest BCUT2D eigenvalue weighted by Gasteiger charge is 2.23. The molecular formula is C27H28N6O3. The number of nitrogens with zero attached hydrogens (tertiary/aromatic N) is 4. The Kier molecular flexibility index (Phi) is 6.98. The van der Waals surface area contributed by atoms with Crippen LogP contribution < -0.4 is 15.8 Å². The van der Waals surface area contributed by atoms with Crippen LogP contribution >= 0.6 is 0 Å². The molecule has 2 aromatic heterocycles. The van der Waals surface area contributed by atoms with E-state index >= 15 is 0 Å². The zero-order valence-corrected chi connectivity index (χ0v) is 20.1. The van der Waals surface area contributed by atoms with Crippen LogP contribution in [-0.2, 0) is 9.47 Å². The first-order chi connectivity index (χ1) is 17.7. The Balaban J connectivity index is 1.41. The molecule has 1 aliphatic rings. The maximum atomic E-state index is 9.76. The Bertz CT molecular complexity index is 1390. The second kappa shape index (κ2) is 10.6. The van der Waals surface area contributed by atoms with Gasteiger partial charge in [0.05, 0.1) is 23.7 Å². The average molecular weight is 485 g/mol. The largest absolute Gasteiger partial charge is 0.456 e. The van der Waals surface area contributed by atoms with Crippen molar-refractivity contribution in [2.45, 2.75) is 18.9 Å². The first-order valence-corrected chi connectivity index (χ1v) is 11.9. The normalized spacial score (nSPS) is 15.2. The van der Waals surface area contributed by atoms with E-state index < -0.39 is 0 Å². The van der Waals surface area contributed by atoms with E-state index in [1.165, 1.54) is 6.33 Å². The zero-order valence-electron chi connectivity index (χ0n) is 20.1. The number of nitrogens with one attached hydrogen (secondary N) is 1. The monoisotopic (exact) mass is 484 g/mol. The van der Waals surface area contributed by atoms with Gasteiger partial charge in [0.15, 0.2) is 0 Å². The zero-order chi connectivity index (χ0) is 24.9. The molecule has 4 aromatic rings. The first kappa shape index (κ1) is 23.6. The van der Waals surface area contributed by atoms with Gasteiger partial charge in [-0.15, -0.1) is 0 Å². The lowest BCUT2D eigenvalue weighted by atomic mass is 10.1. The summed E-state index contributed by atoms with van der Waals surface area (Å²) in [5.41, 5.74) is 10.2. The van der Waals surface area contributed by atoms with E-state index in [0.717, 1.165) is 47.3 Å². The maximum absolute atomic E-state index is 9.76. The summed E-state index contributed by atoms with van der Waals surface area (Å²) < 4.78 is 18.9. The number of nitriles is 1. The molecular weight excluding hydrogens is 456 g/mol. The van der Waals surface area contributed by atoms with Gasteiger partial charge in [-0.2, -0.15) is 5.26 Å². The quantitative estimate of drug-likeness (QED) is 0.327. The summed E-state index contributed by atoms with van der Waals surface area (Å²) in [6, 6.07) is 15.7. The Morgan fingerprint density at radius 3 is 2.83 bits per heavy atom. The molecule has 0 spiro atoms. The number of nitrogens with two attached hydrogens (primary N) is 1. The molecule has 5 rings (SSSR count). The molecule has 3 heterocycles. The molecule has 184 valence electrons. The molecule has 1 unspecified atom stereocenters. The van der Waals surface area contributed by atoms with Gasteiger partial charge in [0, 0.05) is 38.6 Å². The van der Waals surface area contributed by atoms with Crippen LogP contribution in [0.4, 0.5) is 11.5 Å². The van der Waals surface area contributed by atoms with Crippen molar-refractivity contribution < 1.29 is 14.2 Å². The summed E-state index contributed by atoms with van der Waals surface area (Å²) in [7, 11) is 1.67. The van der Waals surface area contributed by atoms with Gasteiger partial charge < -0.3 is 29.8 Å². The minimum atomic E-state index is 0.220. The molecule has 1 fully saturated rings. The Hall–Kier alpha value is -4.13. The number of hydrogen-bond acceptors (Lipinski definition) is 8. The van der Waals surface area contributed by atoms with Crippen molar-refractivity contribution in [3.05, 3.63) is 60.6 Å². The number of benzene rings is 2. The van der Waals surface area contributed by atoms with Crippen LogP contribution in [0.15, 0.2) is 55.0 Å². The summed E-state index contributed by atoms with van der Waals surface area (Å²) in [5.74, 6) is 1.57. The number of fused-ring (bicyclic) bond motifs is 1. The first-order valence-electron chi connectivity index (χ1n) is 11.9. The number of nitrogen functional groups attached to an aromatic ring is 1. The highest BCUT2D eigenvalue weighted by molar-refractivity contribution is 6.00. The van der Waals surface area contributed by atoms with Crippen molar-refractivity contribution in [2.75, 3.05) is 44.5 Å². The second-order valence-electron chi connectivity index (χ2n) is 8.62. The van der Waals surface area contributed by atoms with Crippen LogP contribution in [0.2, 0.25) is 0 Å². The molecule has 0 saturated carbocycles. The third-order valence-corrected chi connectivity index (χ3v) is 6.31. The van der Waals surface area contributed by atoms with Crippen LogP contribution in [-0.4, -0.2) is 48.0 Å². The van der Waals surface area contributed by atoms with Crippen LogP contribution in [0, 0.1) is 11.3 Å². The number of anilines is 2. The van der Waals surface area contributed by atoms with E-state index in [-0.39, 0.29) is 6.04 Å². The molecule has 3 N–H and O–H groups in total. The average Bonchev–Trinajstić information content (AvgIpc) is 3.56. The third-order valence-electron chi connectivity index (χ3n) is 6.31. The minimum Gasteiger partial charge on any atom is -0.456 e. The lowest BCUT2D eigenvalue weighted by Crippen LogP contribution is -2.08. The number of aromatic nitrogens is 3. The van der Waals surface area contributed by atoms with E-state index in [1.807, 2.05) is 36.4 Å².